The number of hydrogen-bond donors (Lipinski definition) is 3. The molecule has 0 saturated carbocycles. The van der Waals surface area contributed by atoms with Crippen LogP contribution in [0.1, 0.15) is 5.56 Å². The Morgan fingerprint density at radius 1 is 0.944 bits per heavy atom. The van der Waals surface area contributed by atoms with E-state index in [4.69, 9.17) is 14.7 Å². The maximum Gasteiger partial charge on any atom is 0.707 e. The first-order chi connectivity index (χ1) is 8.74. The van der Waals surface area contributed by atoms with Gasteiger partial charge in [-0.2, -0.15) is 0 Å². The van der Waals surface area contributed by atoms with Crippen LogP contribution in [0.15, 0.2) is 54.6 Å². The molecule has 0 aliphatic carbocycles. The van der Waals surface area contributed by atoms with Gasteiger partial charge >= 0.3 is 7.32 Å². The number of hydrogen-bond acceptors (Lipinski definition) is 4. The van der Waals surface area contributed by atoms with Crippen LogP contribution in [-0.4, -0.2) is 17.4 Å². The second kappa shape index (κ2) is 6.09. The summed E-state index contributed by atoms with van der Waals surface area (Å²) in [5.74, 6) is 0.425. The second-order valence-electron chi connectivity index (χ2n) is 3.81. The zero-order valence-electron chi connectivity index (χ0n) is 9.78. The summed E-state index contributed by atoms with van der Waals surface area (Å²) in [4.78, 5) is 0. The van der Waals surface area contributed by atoms with Crippen molar-refractivity contribution in [3.63, 3.8) is 0 Å². The van der Waals surface area contributed by atoms with Crippen molar-refractivity contribution in [1.29, 1.82) is 0 Å². The zero-order chi connectivity index (χ0) is 12.8. The number of anilines is 1. The highest BCUT2D eigenvalue weighted by Gasteiger charge is 2.10. The number of benzene rings is 2. The van der Waals surface area contributed by atoms with E-state index >= 15 is 0 Å². The van der Waals surface area contributed by atoms with Gasteiger partial charge in [0.1, 0.15) is 5.75 Å². The van der Waals surface area contributed by atoms with Crippen LogP contribution in [0.2, 0.25) is 0 Å². The van der Waals surface area contributed by atoms with Gasteiger partial charge in [-0.05, 0) is 29.8 Å². The molecule has 2 aromatic carbocycles. The third kappa shape index (κ3) is 3.80. The molecule has 0 radical (unpaired) electrons. The van der Waals surface area contributed by atoms with Gasteiger partial charge in [-0.15, -0.1) is 0 Å². The maximum atomic E-state index is 8.65. The largest absolute Gasteiger partial charge is 0.707 e. The van der Waals surface area contributed by atoms with Crippen LogP contribution in [0, 0.1) is 0 Å². The fourth-order valence-electron chi connectivity index (χ4n) is 1.57. The van der Waals surface area contributed by atoms with E-state index in [9.17, 15) is 0 Å². The van der Waals surface area contributed by atoms with Gasteiger partial charge < -0.3 is 20.0 Å². The minimum atomic E-state index is -1.78. The van der Waals surface area contributed by atoms with Gasteiger partial charge in [-0.25, -0.2) is 0 Å². The molecule has 92 valence electrons. The molecule has 3 N–H and O–H groups in total. The van der Waals surface area contributed by atoms with Gasteiger partial charge in [0.25, 0.3) is 0 Å². The molecule has 0 aliphatic rings. The molecular formula is C13H14BNO3. The molecule has 0 spiro atoms. The van der Waals surface area contributed by atoms with Crippen molar-refractivity contribution < 1.29 is 14.7 Å². The molecule has 18 heavy (non-hydrogen) atoms. The molecule has 5 heteroatoms. The van der Waals surface area contributed by atoms with Crippen LogP contribution >= 0.6 is 0 Å². The van der Waals surface area contributed by atoms with E-state index in [2.05, 4.69) is 5.32 Å². The first-order valence-electron chi connectivity index (χ1n) is 5.65. The highest BCUT2D eigenvalue weighted by molar-refractivity contribution is 6.33. The Hall–Kier alpha value is -1.98. The van der Waals surface area contributed by atoms with E-state index < -0.39 is 7.32 Å². The Morgan fingerprint density at radius 2 is 1.61 bits per heavy atom. The van der Waals surface area contributed by atoms with E-state index in [1.807, 2.05) is 42.5 Å². The highest BCUT2D eigenvalue weighted by Crippen LogP contribution is 2.14. The molecule has 0 aliphatic heterocycles. The molecule has 0 fully saturated rings. The maximum absolute atomic E-state index is 8.65. The lowest BCUT2D eigenvalue weighted by molar-refractivity contribution is 0.288. The Labute approximate surface area is 106 Å². The summed E-state index contributed by atoms with van der Waals surface area (Å²) < 4.78 is 4.72. The SMILES string of the molecule is OB(O)Oc1ccc(CNc2ccccc2)cc1. The van der Waals surface area contributed by atoms with Crippen molar-refractivity contribution in [1.82, 2.24) is 0 Å². The lowest BCUT2D eigenvalue weighted by atomic mass is 10.2. The van der Waals surface area contributed by atoms with Crippen molar-refractivity contribution in [2.45, 2.75) is 6.54 Å². The van der Waals surface area contributed by atoms with Crippen LogP contribution in [0.4, 0.5) is 5.69 Å². The van der Waals surface area contributed by atoms with Gasteiger partial charge in [-0.1, -0.05) is 30.3 Å². The molecule has 4 nitrogen and oxygen atoms in total. The van der Waals surface area contributed by atoms with E-state index in [-0.39, 0.29) is 0 Å². The molecule has 0 aromatic heterocycles. The Morgan fingerprint density at radius 3 is 2.22 bits per heavy atom. The summed E-state index contributed by atoms with van der Waals surface area (Å²) in [6.45, 7) is 0.700. The third-order valence-electron chi connectivity index (χ3n) is 2.44. The third-order valence-corrected chi connectivity index (χ3v) is 2.44. The minimum absolute atomic E-state index is 0.425. The van der Waals surface area contributed by atoms with E-state index in [1.54, 1.807) is 12.1 Å². The monoisotopic (exact) mass is 243 g/mol. The molecule has 0 heterocycles. The standard InChI is InChI=1S/C13H14BNO3/c16-14(17)18-13-8-6-11(7-9-13)10-15-12-4-2-1-3-5-12/h1-9,15-17H,10H2. The van der Waals surface area contributed by atoms with Gasteiger partial charge in [-0.3, -0.25) is 0 Å². The molecule has 0 amide bonds. The normalized spacial score (nSPS) is 9.89. The predicted octanol–water partition coefficient (Wildman–Crippen LogP) is 1.65. The lowest BCUT2D eigenvalue weighted by Gasteiger charge is -2.08. The van der Waals surface area contributed by atoms with E-state index in [0.29, 0.717) is 12.3 Å². The Kier molecular flexibility index (Phi) is 4.22. The van der Waals surface area contributed by atoms with Crippen LogP contribution in [0.25, 0.3) is 0 Å². The summed E-state index contributed by atoms with van der Waals surface area (Å²) in [6.07, 6.45) is 0. The molecule has 0 bridgehead atoms. The average molecular weight is 243 g/mol. The van der Waals surface area contributed by atoms with Crippen molar-refractivity contribution in [3.05, 3.63) is 60.2 Å². The van der Waals surface area contributed by atoms with Crippen molar-refractivity contribution in [2.24, 2.45) is 0 Å². The van der Waals surface area contributed by atoms with E-state index in [1.165, 1.54) is 0 Å². The summed E-state index contributed by atoms with van der Waals surface area (Å²) in [7, 11) is -1.78. The Balaban J connectivity index is 1.90. The van der Waals surface area contributed by atoms with E-state index in [0.717, 1.165) is 11.3 Å². The molecule has 0 atom stereocenters. The van der Waals surface area contributed by atoms with Crippen molar-refractivity contribution >= 4 is 13.0 Å². The topological polar surface area (TPSA) is 61.7 Å². The smallest absolute Gasteiger partial charge is 0.512 e. The number of para-hydroxylation sites is 1. The predicted molar refractivity (Wildman–Crippen MR) is 71.0 cm³/mol. The molecule has 0 saturated heterocycles. The van der Waals surface area contributed by atoms with Gasteiger partial charge in [0.05, 0.1) is 0 Å². The molecule has 2 aromatic rings. The van der Waals surface area contributed by atoms with Gasteiger partial charge in [0, 0.05) is 12.2 Å². The molecular weight excluding hydrogens is 229 g/mol. The zero-order valence-corrected chi connectivity index (χ0v) is 9.78. The van der Waals surface area contributed by atoms with Crippen LogP contribution < -0.4 is 9.97 Å². The first kappa shape index (κ1) is 12.5. The fourth-order valence-corrected chi connectivity index (χ4v) is 1.57. The lowest BCUT2D eigenvalue weighted by Crippen LogP contribution is -2.20. The van der Waals surface area contributed by atoms with Crippen molar-refractivity contribution in [2.75, 3.05) is 5.32 Å². The van der Waals surface area contributed by atoms with Crippen LogP contribution in [0.3, 0.4) is 0 Å². The van der Waals surface area contributed by atoms with Crippen molar-refractivity contribution in [3.8, 4) is 5.75 Å². The first-order valence-corrected chi connectivity index (χ1v) is 5.65. The van der Waals surface area contributed by atoms with Crippen LogP contribution in [0.5, 0.6) is 5.75 Å². The summed E-state index contributed by atoms with van der Waals surface area (Å²) in [5, 5.41) is 20.6. The Bertz CT molecular complexity index is 473. The summed E-state index contributed by atoms with van der Waals surface area (Å²) in [6, 6.07) is 17.0. The number of nitrogens with one attached hydrogen (secondary N) is 1. The average Bonchev–Trinajstić information content (AvgIpc) is 2.38. The molecule has 2 rings (SSSR count). The second-order valence-corrected chi connectivity index (χ2v) is 3.81. The molecule has 0 unspecified atom stereocenters. The van der Waals surface area contributed by atoms with Gasteiger partial charge in [0.2, 0.25) is 0 Å². The summed E-state index contributed by atoms with van der Waals surface area (Å²) in [5.41, 5.74) is 2.14. The fraction of sp³-hybridized carbons (Fsp3) is 0.0769. The highest BCUT2D eigenvalue weighted by atomic mass is 16.6. The van der Waals surface area contributed by atoms with Gasteiger partial charge in [0.15, 0.2) is 0 Å². The number of rotatable bonds is 5. The minimum Gasteiger partial charge on any atom is -0.512 e. The van der Waals surface area contributed by atoms with Crippen LogP contribution in [-0.2, 0) is 6.54 Å². The quantitative estimate of drug-likeness (QED) is 0.698. The summed E-state index contributed by atoms with van der Waals surface area (Å²) >= 11 is 0.